The Hall–Kier alpha value is -1.10. The summed E-state index contributed by atoms with van der Waals surface area (Å²) in [6.45, 7) is 3.29. The van der Waals surface area contributed by atoms with E-state index in [0.29, 0.717) is 19.8 Å². The van der Waals surface area contributed by atoms with Crippen LogP contribution in [0.4, 0.5) is 0 Å². The Morgan fingerprint density at radius 2 is 2.00 bits per heavy atom. The van der Waals surface area contributed by atoms with Crippen molar-refractivity contribution in [3.8, 4) is 5.75 Å². The molecule has 0 bridgehead atoms. The highest BCUT2D eigenvalue weighted by molar-refractivity contribution is 5.37. The Labute approximate surface area is 102 Å². The summed E-state index contributed by atoms with van der Waals surface area (Å²) in [7, 11) is 3.26. The van der Waals surface area contributed by atoms with Crippen molar-refractivity contribution in [1.29, 1.82) is 0 Å². The molecule has 0 aliphatic rings. The summed E-state index contributed by atoms with van der Waals surface area (Å²) in [5, 5.41) is 9.52. The fourth-order valence-electron chi connectivity index (χ4n) is 1.50. The average molecular weight is 240 g/mol. The van der Waals surface area contributed by atoms with E-state index in [-0.39, 0.29) is 0 Å². The molecule has 1 aromatic carbocycles. The van der Waals surface area contributed by atoms with Crippen LogP contribution in [0.25, 0.3) is 0 Å². The van der Waals surface area contributed by atoms with Gasteiger partial charge in [-0.15, -0.1) is 0 Å². The van der Waals surface area contributed by atoms with Crippen LogP contribution in [-0.4, -0.2) is 32.5 Å². The molecule has 0 saturated carbocycles. The molecule has 0 aliphatic carbocycles. The van der Waals surface area contributed by atoms with Crippen molar-refractivity contribution < 1.29 is 19.3 Å². The number of aliphatic hydroxyl groups is 1. The Bertz CT molecular complexity index is 336. The van der Waals surface area contributed by atoms with Gasteiger partial charge in [-0.2, -0.15) is 0 Å². The lowest BCUT2D eigenvalue weighted by atomic mass is 10.1. The standard InChI is InChI=1S/C13H20O4/c1-10(14)11-4-5-13(16-3)12(8-11)9-17-7-6-15-2/h4-5,8,10,14H,6-7,9H2,1-3H3. The highest BCUT2D eigenvalue weighted by Gasteiger charge is 2.07. The van der Waals surface area contributed by atoms with Gasteiger partial charge >= 0.3 is 0 Å². The average Bonchev–Trinajstić information content (AvgIpc) is 2.34. The van der Waals surface area contributed by atoms with Crippen LogP contribution in [0.1, 0.15) is 24.2 Å². The first-order valence-electron chi connectivity index (χ1n) is 5.60. The molecular weight excluding hydrogens is 220 g/mol. The van der Waals surface area contributed by atoms with Crippen molar-refractivity contribution in [2.24, 2.45) is 0 Å². The first-order chi connectivity index (χ1) is 8.19. The van der Waals surface area contributed by atoms with Gasteiger partial charge in [0.15, 0.2) is 0 Å². The first-order valence-corrected chi connectivity index (χ1v) is 5.60. The minimum Gasteiger partial charge on any atom is -0.496 e. The Morgan fingerprint density at radius 1 is 1.24 bits per heavy atom. The van der Waals surface area contributed by atoms with Crippen molar-refractivity contribution in [3.63, 3.8) is 0 Å². The van der Waals surface area contributed by atoms with Gasteiger partial charge in [0.1, 0.15) is 5.75 Å². The number of rotatable bonds is 7. The minimum absolute atomic E-state index is 0.451. The Balaban J connectivity index is 2.69. The quantitative estimate of drug-likeness (QED) is 0.740. The Morgan fingerprint density at radius 3 is 2.59 bits per heavy atom. The molecule has 4 heteroatoms. The lowest BCUT2D eigenvalue weighted by Gasteiger charge is -2.12. The fraction of sp³-hybridized carbons (Fsp3) is 0.538. The Kier molecular flexibility index (Phi) is 5.97. The van der Waals surface area contributed by atoms with Crippen molar-refractivity contribution in [1.82, 2.24) is 0 Å². The molecule has 0 spiro atoms. The highest BCUT2D eigenvalue weighted by Crippen LogP contribution is 2.23. The third-order valence-corrected chi connectivity index (χ3v) is 2.48. The van der Waals surface area contributed by atoms with Crippen LogP contribution in [0.15, 0.2) is 18.2 Å². The summed E-state index contributed by atoms with van der Waals surface area (Å²) >= 11 is 0. The predicted octanol–water partition coefficient (Wildman–Crippen LogP) is 1.91. The van der Waals surface area contributed by atoms with E-state index in [1.165, 1.54) is 0 Å². The molecule has 0 heterocycles. The van der Waals surface area contributed by atoms with Gasteiger partial charge in [0.05, 0.1) is 33.0 Å². The number of benzene rings is 1. The molecule has 0 aliphatic heterocycles. The summed E-state index contributed by atoms with van der Waals surface area (Å²) in [5.41, 5.74) is 1.79. The molecule has 0 aromatic heterocycles. The minimum atomic E-state index is -0.487. The van der Waals surface area contributed by atoms with Crippen LogP contribution in [0.5, 0.6) is 5.75 Å². The van der Waals surface area contributed by atoms with Gasteiger partial charge in [-0.25, -0.2) is 0 Å². The van der Waals surface area contributed by atoms with Crippen LogP contribution in [0, 0.1) is 0 Å². The molecule has 1 rings (SSSR count). The van der Waals surface area contributed by atoms with E-state index in [1.54, 1.807) is 21.1 Å². The first kappa shape index (κ1) is 14.0. The lowest BCUT2D eigenvalue weighted by Crippen LogP contribution is -2.04. The molecule has 1 unspecified atom stereocenters. The van der Waals surface area contributed by atoms with E-state index in [0.717, 1.165) is 16.9 Å². The van der Waals surface area contributed by atoms with Crippen LogP contribution >= 0.6 is 0 Å². The fourth-order valence-corrected chi connectivity index (χ4v) is 1.50. The zero-order chi connectivity index (χ0) is 12.7. The van der Waals surface area contributed by atoms with E-state index in [9.17, 15) is 5.11 Å². The third-order valence-electron chi connectivity index (χ3n) is 2.48. The predicted molar refractivity (Wildman–Crippen MR) is 65.2 cm³/mol. The van der Waals surface area contributed by atoms with Crippen LogP contribution in [0.2, 0.25) is 0 Å². The zero-order valence-electron chi connectivity index (χ0n) is 10.6. The van der Waals surface area contributed by atoms with Crippen LogP contribution in [0.3, 0.4) is 0 Å². The summed E-state index contributed by atoms with van der Waals surface area (Å²) in [4.78, 5) is 0. The number of hydrogen-bond acceptors (Lipinski definition) is 4. The summed E-state index contributed by atoms with van der Waals surface area (Å²) in [6, 6.07) is 5.59. The number of hydrogen-bond donors (Lipinski definition) is 1. The normalized spacial score (nSPS) is 12.5. The maximum Gasteiger partial charge on any atom is 0.124 e. The van der Waals surface area contributed by atoms with Crippen molar-refractivity contribution in [2.75, 3.05) is 27.4 Å². The summed E-state index contributed by atoms with van der Waals surface area (Å²) < 4.78 is 15.6. The van der Waals surface area contributed by atoms with Gasteiger partial charge in [-0.1, -0.05) is 6.07 Å². The van der Waals surface area contributed by atoms with Crippen LogP contribution in [-0.2, 0) is 16.1 Å². The maximum absolute atomic E-state index is 9.52. The van der Waals surface area contributed by atoms with Gasteiger partial charge in [-0.3, -0.25) is 0 Å². The number of aliphatic hydroxyl groups excluding tert-OH is 1. The maximum atomic E-state index is 9.52. The molecule has 0 radical (unpaired) electrons. The second kappa shape index (κ2) is 7.27. The van der Waals surface area contributed by atoms with Crippen molar-refractivity contribution in [2.45, 2.75) is 19.6 Å². The van der Waals surface area contributed by atoms with Crippen LogP contribution < -0.4 is 4.74 Å². The van der Waals surface area contributed by atoms with Gasteiger partial charge in [0, 0.05) is 12.7 Å². The zero-order valence-corrected chi connectivity index (χ0v) is 10.6. The van der Waals surface area contributed by atoms with E-state index in [1.807, 2.05) is 18.2 Å². The molecule has 96 valence electrons. The molecule has 0 amide bonds. The van der Waals surface area contributed by atoms with Crippen molar-refractivity contribution in [3.05, 3.63) is 29.3 Å². The third kappa shape index (κ3) is 4.34. The number of ether oxygens (including phenoxy) is 3. The molecule has 1 aromatic rings. The molecule has 17 heavy (non-hydrogen) atoms. The lowest BCUT2D eigenvalue weighted by molar-refractivity contribution is 0.0607. The van der Waals surface area contributed by atoms with E-state index < -0.39 is 6.10 Å². The largest absolute Gasteiger partial charge is 0.496 e. The highest BCUT2D eigenvalue weighted by atomic mass is 16.5. The number of methoxy groups -OCH3 is 2. The van der Waals surface area contributed by atoms with Gasteiger partial charge in [0.25, 0.3) is 0 Å². The summed E-state index contributed by atoms with van der Waals surface area (Å²) in [6.07, 6.45) is -0.487. The van der Waals surface area contributed by atoms with Crippen molar-refractivity contribution >= 4 is 0 Å². The van der Waals surface area contributed by atoms with E-state index in [4.69, 9.17) is 14.2 Å². The van der Waals surface area contributed by atoms with E-state index >= 15 is 0 Å². The van der Waals surface area contributed by atoms with Gasteiger partial charge in [-0.05, 0) is 24.6 Å². The SMILES string of the molecule is COCCOCc1cc(C(C)O)ccc1OC. The second-order valence-electron chi connectivity index (χ2n) is 3.79. The van der Waals surface area contributed by atoms with Gasteiger partial charge < -0.3 is 19.3 Å². The molecule has 0 saturated heterocycles. The molecule has 4 nitrogen and oxygen atoms in total. The van der Waals surface area contributed by atoms with E-state index in [2.05, 4.69) is 0 Å². The topological polar surface area (TPSA) is 47.9 Å². The smallest absolute Gasteiger partial charge is 0.124 e. The van der Waals surface area contributed by atoms with Gasteiger partial charge in [0.2, 0.25) is 0 Å². The molecular formula is C13H20O4. The molecule has 1 atom stereocenters. The monoisotopic (exact) mass is 240 g/mol. The molecule has 0 fully saturated rings. The second-order valence-corrected chi connectivity index (χ2v) is 3.79. The summed E-state index contributed by atoms with van der Waals surface area (Å²) in [5.74, 6) is 0.770. The molecule has 1 N–H and O–H groups in total.